The van der Waals surface area contributed by atoms with Crippen LogP contribution in [0.4, 0.5) is 8.78 Å². The van der Waals surface area contributed by atoms with E-state index in [-0.39, 0.29) is 23.3 Å². The summed E-state index contributed by atoms with van der Waals surface area (Å²) in [6, 6.07) is 11.1. The van der Waals surface area contributed by atoms with E-state index in [1.165, 1.54) is 37.4 Å². The predicted octanol–water partition coefficient (Wildman–Crippen LogP) is 4.21. The largest absolute Gasteiger partial charge is 0.496 e. The highest BCUT2D eigenvalue weighted by atomic mass is 19.1. The summed E-state index contributed by atoms with van der Waals surface area (Å²) < 4.78 is 31.7. The average Bonchev–Trinajstić information content (AvgIpc) is 3.22. The Morgan fingerprint density at radius 3 is 2.53 bits per heavy atom. The van der Waals surface area contributed by atoms with E-state index in [2.05, 4.69) is 10.9 Å². The molecule has 0 aromatic heterocycles. The molecule has 1 fully saturated rings. The number of methoxy groups -OCH3 is 1. The van der Waals surface area contributed by atoms with E-state index >= 15 is 0 Å². The van der Waals surface area contributed by atoms with Gasteiger partial charge in [0.2, 0.25) is 0 Å². The summed E-state index contributed by atoms with van der Waals surface area (Å²) >= 11 is 0. The SMILES string of the molecule is COc1ccc(F)cc1C(=O)N(C)CCCCCC1CC(c2ccc(F)cc2)NN1. The van der Waals surface area contributed by atoms with Gasteiger partial charge < -0.3 is 9.64 Å². The first-order valence-electron chi connectivity index (χ1n) is 10.3. The number of carbonyl (C=O) groups is 1. The van der Waals surface area contributed by atoms with Gasteiger partial charge in [0, 0.05) is 25.7 Å². The molecular formula is C23H29F2N3O2. The Morgan fingerprint density at radius 2 is 1.80 bits per heavy atom. The molecule has 2 N–H and O–H groups in total. The molecule has 0 radical (unpaired) electrons. The molecule has 0 saturated carbocycles. The minimum absolute atomic E-state index is 0.195. The molecule has 2 atom stereocenters. The number of nitrogens with one attached hydrogen (secondary N) is 2. The summed E-state index contributed by atoms with van der Waals surface area (Å²) in [5.74, 6) is -0.538. The van der Waals surface area contributed by atoms with Crippen LogP contribution in [0.25, 0.3) is 0 Å². The minimum Gasteiger partial charge on any atom is -0.496 e. The van der Waals surface area contributed by atoms with Crippen molar-refractivity contribution in [3.63, 3.8) is 0 Å². The molecule has 30 heavy (non-hydrogen) atoms. The third-order valence-electron chi connectivity index (χ3n) is 5.54. The lowest BCUT2D eigenvalue weighted by molar-refractivity contribution is 0.0788. The first-order chi connectivity index (χ1) is 14.5. The number of amides is 1. The van der Waals surface area contributed by atoms with Crippen molar-refractivity contribution in [2.45, 2.75) is 44.2 Å². The van der Waals surface area contributed by atoms with Crippen molar-refractivity contribution >= 4 is 5.91 Å². The van der Waals surface area contributed by atoms with Gasteiger partial charge in [0.1, 0.15) is 17.4 Å². The average molecular weight is 418 g/mol. The lowest BCUT2D eigenvalue weighted by Crippen LogP contribution is -2.31. The van der Waals surface area contributed by atoms with Gasteiger partial charge in [-0.1, -0.05) is 25.0 Å². The van der Waals surface area contributed by atoms with E-state index in [1.54, 1.807) is 11.9 Å². The Morgan fingerprint density at radius 1 is 1.07 bits per heavy atom. The van der Waals surface area contributed by atoms with Crippen LogP contribution in [-0.2, 0) is 0 Å². The van der Waals surface area contributed by atoms with Gasteiger partial charge in [-0.05, 0) is 55.2 Å². The van der Waals surface area contributed by atoms with Gasteiger partial charge >= 0.3 is 0 Å². The van der Waals surface area contributed by atoms with Crippen molar-refractivity contribution in [2.75, 3.05) is 20.7 Å². The molecule has 3 rings (SSSR count). The molecule has 2 unspecified atom stereocenters. The third-order valence-corrected chi connectivity index (χ3v) is 5.54. The van der Waals surface area contributed by atoms with Gasteiger partial charge in [0.25, 0.3) is 5.91 Å². The van der Waals surface area contributed by atoms with Crippen molar-refractivity contribution in [3.05, 3.63) is 65.2 Å². The molecule has 1 aliphatic heterocycles. The highest BCUT2D eigenvalue weighted by Crippen LogP contribution is 2.25. The monoisotopic (exact) mass is 417 g/mol. The number of hydrogen-bond donors (Lipinski definition) is 2. The van der Waals surface area contributed by atoms with Crippen LogP contribution in [0, 0.1) is 11.6 Å². The summed E-state index contributed by atoms with van der Waals surface area (Å²) in [7, 11) is 3.19. The number of carbonyl (C=O) groups excluding carboxylic acids is 1. The summed E-state index contributed by atoms with van der Waals surface area (Å²) in [6.45, 7) is 0.604. The summed E-state index contributed by atoms with van der Waals surface area (Å²) in [5, 5.41) is 0. The maximum absolute atomic E-state index is 13.5. The van der Waals surface area contributed by atoms with Crippen molar-refractivity contribution in [1.29, 1.82) is 0 Å². The summed E-state index contributed by atoms with van der Waals surface area (Å²) in [6.07, 6.45) is 4.91. The summed E-state index contributed by atoms with van der Waals surface area (Å²) in [5.41, 5.74) is 7.93. The second kappa shape index (κ2) is 10.5. The molecule has 0 spiro atoms. The molecule has 5 nitrogen and oxygen atoms in total. The second-order valence-electron chi connectivity index (χ2n) is 7.75. The molecule has 2 aromatic rings. The highest BCUT2D eigenvalue weighted by molar-refractivity contribution is 5.96. The molecule has 7 heteroatoms. The quantitative estimate of drug-likeness (QED) is 0.600. The fraction of sp³-hybridized carbons (Fsp3) is 0.435. The van der Waals surface area contributed by atoms with Gasteiger partial charge in [-0.15, -0.1) is 0 Å². The first kappa shape index (κ1) is 22.2. The molecule has 0 aliphatic carbocycles. The number of rotatable bonds is 9. The number of nitrogens with zero attached hydrogens (tertiary/aromatic N) is 1. The van der Waals surface area contributed by atoms with Crippen LogP contribution in [0.3, 0.4) is 0 Å². The van der Waals surface area contributed by atoms with Crippen molar-refractivity contribution in [2.24, 2.45) is 0 Å². The van der Waals surface area contributed by atoms with E-state index in [4.69, 9.17) is 4.74 Å². The third kappa shape index (κ3) is 5.77. The second-order valence-corrected chi connectivity index (χ2v) is 7.75. The predicted molar refractivity (Wildman–Crippen MR) is 112 cm³/mol. The lowest BCUT2D eigenvalue weighted by Gasteiger charge is -2.19. The number of halogens is 2. The molecule has 1 aliphatic rings. The van der Waals surface area contributed by atoms with Gasteiger partial charge in [-0.3, -0.25) is 15.6 Å². The smallest absolute Gasteiger partial charge is 0.257 e. The minimum atomic E-state index is -0.454. The van der Waals surface area contributed by atoms with Crippen LogP contribution in [0.2, 0.25) is 0 Å². The molecule has 0 bridgehead atoms. The number of benzene rings is 2. The van der Waals surface area contributed by atoms with Crippen LogP contribution < -0.4 is 15.6 Å². The molecule has 1 saturated heterocycles. The zero-order valence-corrected chi connectivity index (χ0v) is 17.5. The van der Waals surface area contributed by atoms with Crippen molar-refractivity contribution < 1.29 is 18.3 Å². The lowest BCUT2D eigenvalue weighted by atomic mass is 9.99. The van der Waals surface area contributed by atoms with Crippen LogP contribution in [0.1, 0.15) is 54.1 Å². The Balaban J connectivity index is 1.37. The Kier molecular flexibility index (Phi) is 7.76. The molecule has 2 aromatic carbocycles. The van der Waals surface area contributed by atoms with E-state index in [1.807, 2.05) is 12.1 Å². The van der Waals surface area contributed by atoms with Crippen molar-refractivity contribution in [3.8, 4) is 5.75 Å². The van der Waals surface area contributed by atoms with E-state index in [0.717, 1.165) is 37.7 Å². The van der Waals surface area contributed by atoms with Gasteiger partial charge in [-0.25, -0.2) is 8.78 Å². The maximum Gasteiger partial charge on any atom is 0.257 e. The Bertz CT molecular complexity index is 845. The Labute approximate surface area is 176 Å². The maximum atomic E-state index is 13.5. The number of ether oxygens (including phenoxy) is 1. The normalized spacial score (nSPS) is 18.4. The fourth-order valence-electron chi connectivity index (χ4n) is 3.80. The topological polar surface area (TPSA) is 53.6 Å². The zero-order chi connectivity index (χ0) is 21.5. The van der Waals surface area contributed by atoms with E-state index in [0.29, 0.717) is 18.3 Å². The van der Waals surface area contributed by atoms with Crippen LogP contribution in [0.5, 0.6) is 5.75 Å². The van der Waals surface area contributed by atoms with E-state index < -0.39 is 5.82 Å². The first-order valence-corrected chi connectivity index (χ1v) is 10.3. The van der Waals surface area contributed by atoms with Gasteiger partial charge in [0.05, 0.1) is 12.7 Å². The Hall–Kier alpha value is -2.51. The van der Waals surface area contributed by atoms with Crippen LogP contribution in [-0.4, -0.2) is 37.6 Å². The number of hydrogen-bond acceptors (Lipinski definition) is 4. The van der Waals surface area contributed by atoms with Gasteiger partial charge in [0.15, 0.2) is 0 Å². The number of hydrazine groups is 1. The standard InChI is InChI=1S/C23H29F2N3O2/c1-28(23(29)20-14-18(25)11-12-22(20)30-2)13-5-3-4-6-19-15-21(27-26-19)16-7-9-17(24)10-8-16/h7-12,14,19,21,26-27H,3-6,13,15H2,1-2H3. The zero-order valence-electron chi connectivity index (χ0n) is 17.5. The molecular weight excluding hydrogens is 388 g/mol. The van der Waals surface area contributed by atoms with E-state index in [9.17, 15) is 13.6 Å². The molecule has 162 valence electrons. The van der Waals surface area contributed by atoms with Crippen molar-refractivity contribution in [1.82, 2.24) is 15.8 Å². The van der Waals surface area contributed by atoms with Crippen LogP contribution >= 0.6 is 0 Å². The fourth-order valence-corrected chi connectivity index (χ4v) is 3.80. The van der Waals surface area contributed by atoms with Crippen LogP contribution in [0.15, 0.2) is 42.5 Å². The summed E-state index contributed by atoms with van der Waals surface area (Å²) in [4.78, 5) is 14.2. The highest BCUT2D eigenvalue weighted by Gasteiger charge is 2.24. The van der Waals surface area contributed by atoms with Gasteiger partial charge in [-0.2, -0.15) is 0 Å². The number of unbranched alkanes of at least 4 members (excludes halogenated alkanes) is 2. The molecule has 1 heterocycles. The molecule has 1 amide bonds.